The Kier molecular flexibility index (Phi) is 6.09. The molecule has 0 aliphatic heterocycles. The minimum Gasteiger partial charge on any atom is -0.322 e. The molecular weight excluding hydrogens is 146 g/mol. The molecule has 0 fully saturated rings. The summed E-state index contributed by atoms with van der Waals surface area (Å²) in [5.74, 6) is 0. The van der Waals surface area contributed by atoms with Crippen LogP contribution >= 0.6 is 0 Å². The van der Waals surface area contributed by atoms with Crippen molar-refractivity contribution in [2.24, 2.45) is 5.73 Å². The highest BCUT2D eigenvalue weighted by Gasteiger charge is 2.18. The van der Waals surface area contributed by atoms with Crippen LogP contribution in [-0.2, 0) is 0 Å². The molecule has 1 heteroatoms. The average molecular weight is 169 g/mol. The summed E-state index contributed by atoms with van der Waals surface area (Å²) >= 11 is 0. The lowest BCUT2D eigenvalue weighted by Crippen LogP contribution is -2.37. The van der Waals surface area contributed by atoms with Crippen molar-refractivity contribution in [3.05, 3.63) is 12.2 Å². The fourth-order valence-corrected chi connectivity index (χ4v) is 1.58. The third-order valence-electron chi connectivity index (χ3n) is 2.12. The highest BCUT2D eigenvalue weighted by molar-refractivity contribution is 5.03. The van der Waals surface area contributed by atoms with Crippen molar-refractivity contribution < 1.29 is 0 Å². The minimum atomic E-state index is -0.0283. The van der Waals surface area contributed by atoms with E-state index in [0.717, 1.165) is 19.3 Å². The molecule has 0 radical (unpaired) electrons. The fraction of sp³-hybridized carbons (Fsp3) is 0.818. The van der Waals surface area contributed by atoms with E-state index in [1.54, 1.807) is 0 Å². The summed E-state index contributed by atoms with van der Waals surface area (Å²) in [6.45, 7) is 6.53. The van der Waals surface area contributed by atoms with Gasteiger partial charge in [0, 0.05) is 5.54 Å². The Hall–Kier alpha value is -0.300. The maximum absolute atomic E-state index is 6.22. The maximum Gasteiger partial charge on any atom is 0.0338 e. The Labute approximate surface area is 77.0 Å². The second-order valence-corrected chi connectivity index (χ2v) is 3.54. The van der Waals surface area contributed by atoms with Crippen molar-refractivity contribution in [3.63, 3.8) is 0 Å². The number of nitrogens with two attached hydrogens (primary N) is 1. The molecule has 0 rings (SSSR count). The lowest BCUT2D eigenvalue weighted by atomic mass is 9.89. The molecule has 0 aromatic heterocycles. The topological polar surface area (TPSA) is 26.0 Å². The van der Waals surface area contributed by atoms with Gasteiger partial charge < -0.3 is 5.73 Å². The van der Waals surface area contributed by atoms with Crippen LogP contribution in [0.4, 0.5) is 0 Å². The van der Waals surface area contributed by atoms with Crippen molar-refractivity contribution in [2.45, 2.75) is 58.4 Å². The lowest BCUT2D eigenvalue weighted by Gasteiger charge is -2.24. The molecule has 0 heterocycles. The van der Waals surface area contributed by atoms with Gasteiger partial charge in [-0.25, -0.2) is 0 Å². The molecule has 0 aromatic carbocycles. The van der Waals surface area contributed by atoms with Gasteiger partial charge >= 0.3 is 0 Å². The Morgan fingerprint density at radius 3 is 1.92 bits per heavy atom. The van der Waals surface area contributed by atoms with Gasteiger partial charge in [0.2, 0.25) is 0 Å². The van der Waals surface area contributed by atoms with Gasteiger partial charge in [0.15, 0.2) is 0 Å². The Morgan fingerprint density at radius 2 is 1.58 bits per heavy atom. The fourth-order valence-electron chi connectivity index (χ4n) is 1.58. The van der Waals surface area contributed by atoms with Gasteiger partial charge in [-0.3, -0.25) is 0 Å². The molecule has 0 aliphatic carbocycles. The molecule has 0 aliphatic rings. The first-order chi connectivity index (χ1) is 5.68. The van der Waals surface area contributed by atoms with Crippen LogP contribution in [0, 0.1) is 0 Å². The summed E-state index contributed by atoms with van der Waals surface area (Å²) < 4.78 is 0. The Bertz CT molecular complexity index is 121. The molecule has 0 aromatic rings. The summed E-state index contributed by atoms with van der Waals surface area (Å²) in [6, 6.07) is 0. The van der Waals surface area contributed by atoms with E-state index in [2.05, 4.69) is 32.9 Å². The van der Waals surface area contributed by atoms with Gasteiger partial charge in [0.25, 0.3) is 0 Å². The average Bonchev–Trinajstić information content (AvgIpc) is 2.02. The predicted octanol–water partition coefficient (Wildman–Crippen LogP) is 3.25. The number of hydrogen-bond acceptors (Lipinski definition) is 1. The van der Waals surface area contributed by atoms with Gasteiger partial charge in [0.05, 0.1) is 0 Å². The van der Waals surface area contributed by atoms with E-state index in [9.17, 15) is 0 Å². The van der Waals surface area contributed by atoms with Gasteiger partial charge in [-0.05, 0) is 19.3 Å². The molecule has 2 N–H and O–H groups in total. The first-order valence-electron chi connectivity index (χ1n) is 5.15. The number of hydrogen-bond donors (Lipinski definition) is 1. The zero-order valence-corrected chi connectivity index (χ0v) is 8.77. The van der Waals surface area contributed by atoms with Crippen LogP contribution in [-0.4, -0.2) is 5.54 Å². The third-order valence-corrected chi connectivity index (χ3v) is 2.12. The van der Waals surface area contributed by atoms with Gasteiger partial charge in [-0.2, -0.15) is 0 Å². The van der Waals surface area contributed by atoms with Crippen molar-refractivity contribution in [1.82, 2.24) is 0 Å². The van der Waals surface area contributed by atoms with Crippen LogP contribution in [0.3, 0.4) is 0 Å². The number of rotatable bonds is 6. The van der Waals surface area contributed by atoms with E-state index < -0.39 is 0 Å². The SMILES string of the molecule is CCC=CC(N)(CCC)CCC. The molecule has 0 spiro atoms. The zero-order valence-electron chi connectivity index (χ0n) is 8.77. The van der Waals surface area contributed by atoms with Gasteiger partial charge in [-0.1, -0.05) is 45.8 Å². The van der Waals surface area contributed by atoms with E-state index in [1.165, 1.54) is 12.8 Å². The summed E-state index contributed by atoms with van der Waals surface area (Å²) in [7, 11) is 0. The molecule has 0 unspecified atom stereocenters. The first-order valence-corrected chi connectivity index (χ1v) is 5.15. The van der Waals surface area contributed by atoms with Crippen LogP contribution in [0.2, 0.25) is 0 Å². The van der Waals surface area contributed by atoms with E-state index in [-0.39, 0.29) is 5.54 Å². The standard InChI is InChI=1S/C11H23N/c1-4-7-10-11(12,8-5-2)9-6-3/h7,10H,4-6,8-9,12H2,1-3H3. The summed E-state index contributed by atoms with van der Waals surface area (Å²) in [5.41, 5.74) is 6.19. The third kappa shape index (κ3) is 4.55. The lowest BCUT2D eigenvalue weighted by molar-refractivity contribution is 0.439. The largest absolute Gasteiger partial charge is 0.322 e. The smallest absolute Gasteiger partial charge is 0.0338 e. The second kappa shape index (κ2) is 6.24. The van der Waals surface area contributed by atoms with Crippen molar-refractivity contribution >= 4 is 0 Å². The molecule has 1 nitrogen and oxygen atoms in total. The molecule has 0 atom stereocenters. The summed E-state index contributed by atoms with van der Waals surface area (Å²) in [5, 5.41) is 0. The van der Waals surface area contributed by atoms with Gasteiger partial charge in [-0.15, -0.1) is 0 Å². The maximum atomic E-state index is 6.22. The highest BCUT2D eigenvalue weighted by atomic mass is 14.7. The van der Waals surface area contributed by atoms with Crippen molar-refractivity contribution in [3.8, 4) is 0 Å². The second-order valence-electron chi connectivity index (χ2n) is 3.54. The zero-order chi connectivity index (χ0) is 9.45. The Balaban J connectivity index is 4.06. The summed E-state index contributed by atoms with van der Waals surface area (Å²) in [4.78, 5) is 0. The van der Waals surface area contributed by atoms with Crippen LogP contribution in [0.25, 0.3) is 0 Å². The van der Waals surface area contributed by atoms with Crippen LogP contribution in [0.1, 0.15) is 52.9 Å². The number of allylic oxidation sites excluding steroid dienone is 1. The van der Waals surface area contributed by atoms with Crippen LogP contribution in [0.15, 0.2) is 12.2 Å². The Morgan fingerprint density at radius 1 is 1.08 bits per heavy atom. The molecule has 0 saturated carbocycles. The summed E-state index contributed by atoms with van der Waals surface area (Å²) in [6.07, 6.45) is 10.0. The van der Waals surface area contributed by atoms with Crippen molar-refractivity contribution in [1.29, 1.82) is 0 Å². The van der Waals surface area contributed by atoms with E-state index >= 15 is 0 Å². The highest BCUT2D eigenvalue weighted by Crippen LogP contribution is 2.18. The van der Waals surface area contributed by atoms with E-state index in [4.69, 9.17) is 5.73 Å². The van der Waals surface area contributed by atoms with Crippen LogP contribution < -0.4 is 5.73 Å². The normalized spacial score (nSPS) is 12.7. The minimum absolute atomic E-state index is 0.0283. The monoisotopic (exact) mass is 169 g/mol. The molecule has 0 bridgehead atoms. The van der Waals surface area contributed by atoms with E-state index in [0.29, 0.717) is 0 Å². The van der Waals surface area contributed by atoms with Gasteiger partial charge in [0.1, 0.15) is 0 Å². The predicted molar refractivity (Wildman–Crippen MR) is 56.2 cm³/mol. The van der Waals surface area contributed by atoms with Crippen LogP contribution in [0.5, 0.6) is 0 Å². The molecule has 0 amide bonds. The molecule has 72 valence electrons. The first kappa shape index (κ1) is 11.7. The molecule has 0 saturated heterocycles. The van der Waals surface area contributed by atoms with Crippen molar-refractivity contribution in [2.75, 3.05) is 0 Å². The molecular formula is C11H23N. The molecule has 12 heavy (non-hydrogen) atoms. The van der Waals surface area contributed by atoms with E-state index in [1.807, 2.05) is 0 Å². The quantitative estimate of drug-likeness (QED) is 0.607.